The first-order valence-electron chi connectivity index (χ1n) is 3.47. The zero-order valence-corrected chi connectivity index (χ0v) is 6.54. The van der Waals surface area contributed by atoms with E-state index in [0.29, 0.717) is 12.8 Å². The van der Waals surface area contributed by atoms with Crippen LogP contribution in [-0.4, -0.2) is 33.6 Å². The van der Waals surface area contributed by atoms with Gasteiger partial charge in [-0.15, -0.1) is 0 Å². The summed E-state index contributed by atoms with van der Waals surface area (Å²) in [5.41, 5.74) is -0.839. The zero-order chi connectivity index (χ0) is 8.20. The van der Waals surface area contributed by atoms with E-state index < -0.39 is 11.7 Å². The van der Waals surface area contributed by atoms with Crippen molar-refractivity contribution in [2.75, 3.05) is 6.61 Å². The Hall–Kier alpha value is -0.120. The van der Waals surface area contributed by atoms with Gasteiger partial charge < -0.3 is 15.3 Å². The van der Waals surface area contributed by atoms with Crippen LogP contribution < -0.4 is 0 Å². The van der Waals surface area contributed by atoms with Gasteiger partial charge in [0, 0.05) is 13.0 Å². The van der Waals surface area contributed by atoms with Crippen molar-refractivity contribution in [3.05, 3.63) is 0 Å². The lowest BCUT2D eigenvalue weighted by atomic mass is 10.00. The molecule has 0 aromatic rings. The highest BCUT2D eigenvalue weighted by Gasteiger charge is 2.17. The van der Waals surface area contributed by atoms with E-state index in [1.54, 1.807) is 13.8 Å². The fraction of sp³-hybridized carbons (Fsp3) is 1.00. The molecule has 10 heavy (non-hydrogen) atoms. The van der Waals surface area contributed by atoms with Gasteiger partial charge in [-0.1, -0.05) is 0 Å². The van der Waals surface area contributed by atoms with Gasteiger partial charge in [0.05, 0.1) is 11.7 Å². The molecule has 3 nitrogen and oxygen atoms in total. The molecule has 0 aromatic heterocycles. The molecule has 0 fully saturated rings. The highest BCUT2D eigenvalue weighted by molar-refractivity contribution is 4.70. The van der Waals surface area contributed by atoms with Crippen LogP contribution in [0.5, 0.6) is 0 Å². The monoisotopic (exact) mass is 148 g/mol. The van der Waals surface area contributed by atoms with Crippen LogP contribution in [0.2, 0.25) is 0 Å². The first kappa shape index (κ1) is 9.88. The molecule has 0 aliphatic rings. The van der Waals surface area contributed by atoms with Crippen molar-refractivity contribution in [3.8, 4) is 0 Å². The topological polar surface area (TPSA) is 60.7 Å². The number of aliphatic hydroxyl groups excluding tert-OH is 2. The van der Waals surface area contributed by atoms with Crippen LogP contribution in [0.1, 0.15) is 26.7 Å². The molecule has 1 unspecified atom stereocenters. The second kappa shape index (κ2) is 3.91. The second-order valence-corrected chi connectivity index (χ2v) is 3.18. The van der Waals surface area contributed by atoms with Crippen molar-refractivity contribution in [1.82, 2.24) is 0 Å². The van der Waals surface area contributed by atoms with E-state index in [2.05, 4.69) is 0 Å². The van der Waals surface area contributed by atoms with Crippen LogP contribution in [0.15, 0.2) is 0 Å². The lowest BCUT2D eigenvalue weighted by Gasteiger charge is -2.20. The van der Waals surface area contributed by atoms with Gasteiger partial charge >= 0.3 is 0 Å². The summed E-state index contributed by atoms with van der Waals surface area (Å²) in [6.45, 7) is 3.23. The lowest BCUT2D eigenvalue weighted by Crippen LogP contribution is -2.26. The molecule has 3 heteroatoms. The van der Waals surface area contributed by atoms with Gasteiger partial charge in [0.2, 0.25) is 0 Å². The van der Waals surface area contributed by atoms with Crippen molar-refractivity contribution in [2.24, 2.45) is 0 Å². The van der Waals surface area contributed by atoms with Crippen LogP contribution in [0.25, 0.3) is 0 Å². The van der Waals surface area contributed by atoms with Crippen LogP contribution >= 0.6 is 0 Å². The summed E-state index contributed by atoms with van der Waals surface area (Å²) in [6.07, 6.45) is 0.0578. The Kier molecular flexibility index (Phi) is 3.86. The zero-order valence-electron chi connectivity index (χ0n) is 6.54. The predicted molar refractivity (Wildman–Crippen MR) is 38.6 cm³/mol. The van der Waals surface area contributed by atoms with Crippen molar-refractivity contribution in [3.63, 3.8) is 0 Å². The average Bonchev–Trinajstić information content (AvgIpc) is 1.59. The minimum absolute atomic E-state index is 0.0305. The maximum Gasteiger partial charge on any atom is 0.0616 e. The summed E-state index contributed by atoms with van der Waals surface area (Å²) < 4.78 is 0. The van der Waals surface area contributed by atoms with Gasteiger partial charge in [0.25, 0.3) is 0 Å². The van der Waals surface area contributed by atoms with Crippen LogP contribution in [0.3, 0.4) is 0 Å². The molecule has 0 radical (unpaired) electrons. The number of hydrogen-bond donors (Lipinski definition) is 3. The molecule has 3 N–H and O–H groups in total. The first-order chi connectivity index (χ1) is 4.45. The van der Waals surface area contributed by atoms with E-state index in [0.717, 1.165) is 0 Å². The van der Waals surface area contributed by atoms with Crippen molar-refractivity contribution < 1.29 is 15.3 Å². The Morgan fingerprint density at radius 2 is 1.90 bits per heavy atom. The number of hydrogen-bond acceptors (Lipinski definition) is 3. The molecule has 0 saturated heterocycles. The highest BCUT2D eigenvalue weighted by atomic mass is 16.3. The summed E-state index contributed by atoms with van der Waals surface area (Å²) in [7, 11) is 0. The molecule has 0 saturated carbocycles. The van der Waals surface area contributed by atoms with Crippen LogP contribution in [0, 0.1) is 0 Å². The van der Waals surface area contributed by atoms with Crippen molar-refractivity contribution in [1.29, 1.82) is 0 Å². The Balaban J connectivity index is 3.47. The molecule has 0 rings (SSSR count). The maximum absolute atomic E-state index is 9.17. The van der Waals surface area contributed by atoms with Gasteiger partial charge in [-0.2, -0.15) is 0 Å². The quantitative estimate of drug-likeness (QED) is 0.521. The Labute approximate surface area is 61.3 Å². The molecular weight excluding hydrogens is 132 g/mol. The normalized spacial score (nSPS) is 15.3. The smallest absolute Gasteiger partial charge is 0.0616 e. The molecule has 0 amide bonds. The Morgan fingerprint density at radius 3 is 2.20 bits per heavy atom. The van der Waals surface area contributed by atoms with E-state index in [-0.39, 0.29) is 6.61 Å². The first-order valence-corrected chi connectivity index (χ1v) is 3.47. The molecule has 1 atom stereocenters. The summed E-state index contributed by atoms with van der Waals surface area (Å²) in [4.78, 5) is 0. The lowest BCUT2D eigenvalue weighted by molar-refractivity contribution is 0.0106. The highest BCUT2D eigenvalue weighted by Crippen LogP contribution is 2.11. The summed E-state index contributed by atoms with van der Waals surface area (Å²) in [5.74, 6) is 0. The Morgan fingerprint density at radius 1 is 1.40 bits per heavy atom. The molecule has 0 spiro atoms. The summed E-state index contributed by atoms with van der Waals surface area (Å²) in [5, 5.41) is 26.6. The largest absolute Gasteiger partial charge is 0.396 e. The minimum atomic E-state index is -0.839. The fourth-order valence-corrected chi connectivity index (χ4v) is 0.828. The maximum atomic E-state index is 9.17. The molecule has 62 valence electrons. The minimum Gasteiger partial charge on any atom is -0.396 e. The molecule has 0 bridgehead atoms. The third kappa shape index (κ3) is 6.01. The standard InChI is InChI=1S/C7H16O3/c1-7(2,10)5-6(9)3-4-8/h6,8-10H,3-5H2,1-2H3. The average molecular weight is 148 g/mol. The van der Waals surface area contributed by atoms with Gasteiger partial charge in [-0.25, -0.2) is 0 Å². The predicted octanol–water partition coefficient (Wildman–Crippen LogP) is -0.109. The van der Waals surface area contributed by atoms with E-state index in [9.17, 15) is 5.11 Å². The van der Waals surface area contributed by atoms with Gasteiger partial charge in [-0.3, -0.25) is 0 Å². The number of aliphatic hydroxyl groups is 3. The number of rotatable bonds is 4. The molecule has 0 heterocycles. The van der Waals surface area contributed by atoms with Crippen molar-refractivity contribution in [2.45, 2.75) is 38.4 Å². The second-order valence-electron chi connectivity index (χ2n) is 3.18. The summed E-state index contributed by atoms with van der Waals surface area (Å²) >= 11 is 0. The molecule has 0 aliphatic heterocycles. The van der Waals surface area contributed by atoms with Gasteiger partial charge in [0.1, 0.15) is 0 Å². The van der Waals surface area contributed by atoms with E-state index in [1.165, 1.54) is 0 Å². The van der Waals surface area contributed by atoms with E-state index in [4.69, 9.17) is 10.2 Å². The van der Waals surface area contributed by atoms with Crippen molar-refractivity contribution >= 4 is 0 Å². The van der Waals surface area contributed by atoms with Crippen LogP contribution in [0.4, 0.5) is 0 Å². The van der Waals surface area contributed by atoms with Gasteiger partial charge in [0.15, 0.2) is 0 Å². The van der Waals surface area contributed by atoms with Crippen LogP contribution in [-0.2, 0) is 0 Å². The molecule has 0 aliphatic carbocycles. The summed E-state index contributed by atoms with van der Waals surface area (Å²) in [6, 6.07) is 0. The van der Waals surface area contributed by atoms with Gasteiger partial charge in [-0.05, 0) is 20.3 Å². The third-order valence-corrected chi connectivity index (χ3v) is 1.20. The van der Waals surface area contributed by atoms with E-state index in [1.807, 2.05) is 0 Å². The molecule has 0 aromatic carbocycles. The Bertz CT molecular complexity index is 85.3. The fourth-order valence-electron chi connectivity index (χ4n) is 0.828. The third-order valence-electron chi connectivity index (χ3n) is 1.20. The SMILES string of the molecule is CC(C)(O)CC(O)CCO. The van der Waals surface area contributed by atoms with E-state index >= 15 is 0 Å². The molecular formula is C7H16O3.